The van der Waals surface area contributed by atoms with Gasteiger partial charge in [0.2, 0.25) is 0 Å². The van der Waals surface area contributed by atoms with Crippen molar-refractivity contribution in [1.29, 1.82) is 0 Å². The minimum Gasteiger partial charge on any atom is -0.325 e. The number of halogens is 3. The molecule has 0 saturated carbocycles. The Morgan fingerprint density at radius 1 is 1.29 bits per heavy atom. The van der Waals surface area contributed by atoms with E-state index < -0.39 is 22.2 Å². The van der Waals surface area contributed by atoms with Crippen LogP contribution in [0.4, 0.5) is 8.78 Å². The number of nitrogens with two attached hydrogens (primary N) is 1. The Labute approximate surface area is 86.9 Å². The molecule has 0 bridgehead atoms. The van der Waals surface area contributed by atoms with Gasteiger partial charge in [0.1, 0.15) is 16.7 Å². The maximum atomic E-state index is 13.0. The molecule has 0 radical (unpaired) electrons. The van der Waals surface area contributed by atoms with Crippen molar-refractivity contribution in [1.82, 2.24) is 0 Å². The standard InChI is InChI=1S/C10H12ClF2N/c1-10(2,14)5-6-3-7(12)9(11)8(13)4-6/h3-4H,5,14H2,1-2H3. The summed E-state index contributed by atoms with van der Waals surface area (Å²) in [4.78, 5) is 0. The summed E-state index contributed by atoms with van der Waals surface area (Å²) in [6.45, 7) is 3.58. The lowest BCUT2D eigenvalue weighted by atomic mass is 9.96. The lowest BCUT2D eigenvalue weighted by molar-refractivity contribution is 0.509. The first-order valence-corrected chi connectivity index (χ1v) is 4.60. The summed E-state index contributed by atoms with van der Waals surface area (Å²) in [5.74, 6) is -1.49. The van der Waals surface area contributed by atoms with E-state index in [-0.39, 0.29) is 0 Å². The third-order valence-corrected chi connectivity index (χ3v) is 2.06. The molecule has 1 aromatic carbocycles. The summed E-state index contributed by atoms with van der Waals surface area (Å²) < 4.78 is 26.0. The fraction of sp³-hybridized carbons (Fsp3) is 0.400. The molecule has 1 aromatic rings. The van der Waals surface area contributed by atoms with E-state index in [0.29, 0.717) is 12.0 Å². The van der Waals surface area contributed by atoms with Gasteiger partial charge in [-0.25, -0.2) is 8.78 Å². The first-order valence-electron chi connectivity index (χ1n) is 4.22. The van der Waals surface area contributed by atoms with Gasteiger partial charge in [-0.2, -0.15) is 0 Å². The molecule has 0 heterocycles. The Hall–Kier alpha value is -0.670. The highest BCUT2D eigenvalue weighted by molar-refractivity contribution is 6.30. The van der Waals surface area contributed by atoms with Crippen LogP contribution in [0.5, 0.6) is 0 Å². The van der Waals surface area contributed by atoms with Crippen LogP contribution in [-0.4, -0.2) is 5.54 Å². The van der Waals surface area contributed by atoms with E-state index in [9.17, 15) is 8.78 Å². The van der Waals surface area contributed by atoms with Crippen molar-refractivity contribution in [2.24, 2.45) is 5.73 Å². The van der Waals surface area contributed by atoms with Gasteiger partial charge in [0.25, 0.3) is 0 Å². The zero-order chi connectivity index (χ0) is 10.9. The lowest BCUT2D eigenvalue weighted by Crippen LogP contribution is -2.34. The molecular weight excluding hydrogens is 208 g/mol. The van der Waals surface area contributed by atoms with Crippen LogP contribution in [-0.2, 0) is 6.42 Å². The van der Waals surface area contributed by atoms with Gasteiger partial charge in [0.05, 0.1) is 0 Å². The smallest absolute Gasteiger partial charge is 0.145 e. The zero-order valence-corrected chi connectivity index (χ0v) is 8.83. The Kier molecular flexibility index (Phi) is 3.12. The van der Waals surface area contributed by atoms with Crippen molar-refractivity contribution in [3.63, 3.8) is 0 Å². The fourth-order valence-corrected chi connectivity index (χ4v) is 1.35. The summed E-state index contributed by atoms with van der Waals surface area (Å²) >= 11 is 5.34. The van der Waals surface area contributed by atoms with E-state index in [1.165, 1.54) is 12.1 Å². The average Bonchev–Trinajstić information content (AvgIpc) is 1.96. The molecule has 0 amide bonds. The predicted molar refractivity (Wildman–Crippen MR) is 53.3 cm³/mol. The van der Waals surface area contributed by atoms with Crippen LogP contribution in [0, 0.1) is 11.6 Å². The van der Waals surface area contributed by atoms with Crippen molar-refractivity contribution in [3.05, 3.63) is 34.4 Å². The molecular formula is C10H12ClF2N. The van der Waals surface area contributed by atoms with E-state index in [2.05, 4.69) is 0 Å². The highest BCUT2D eigenvalue weighted by Gasteiger charge is 2.15. The molecule has 0 aliphatic heterocycles. The topological polar surface area (TPSA) is 26.0 Å². The third kappa shape index (κ3) is 2.93. The molecule has 0 atom stereocenters. The summed E-state index contributed by atoms with van der Waals surface area (Å²) in [6, 6.07) is 2.42. The molecule has 0 saturated heterocycles. The Bertz CT molecular complexity index is 321. The molecule has 0 spiro atoms. The largest absolute Gasteiger partial charge is 0.325 e. The van der Waals surface area contributed by atoms with Crippen molar-refractivity contribution < 1.29 is 8.78 Å². The first kappa shape index (κ1) is 11.4. The van der Waals surface area contributed by atoms with Crippen LogP contribution >= 0.6 is 11.6 Å². The quantitative estimate of drug-likeness (QED) is 0.761. The van der Waals surface area contributed by atoms with Crippen LogP contribution in [0.3, 0.4) is 0 Å². The van der Waals surface area contributed by atoms with Crippen molar-refractivity contribution in [3.8, 4) is 0 Å². The molecule has 0 unspecified atom stereocenters. The predicted octanol–water partition coefficient (Wildman–Crippen LogP) is 2.90. The van der Waals surface area contributed by atoms with E-state index in [4.69, 9.17) is 17.3 Å². The highest BCUT2D eigenvalue weighted by atomic mass is 35.5. The second-order valence-corrected chi connectivity index (χ2v) is 4.42. The van der Waals surface area contributed by atoms with Gasteiger partial charge in [0.15, 0.2) is 0 Å². The highest BCUT2D eigenvalue weighted by Crippen LogP contribution is 2.22. The molecule has 0 fully saturated rings. The van der Waals surface area contributed by atoms with Gasteiger partial charge in [-0.3, -0.25) is 0 Å². The maximum Gasteiger partial charge on any atom is 0.145 e. The van der Waals surface area contributed by atoms with Gasteiger partial charge < -0.3 is 5.73 Å². The Balaban J connectivity index is 3.02. The van der Waals surface area contributed by atoms with Crippen molar-refractivity contribution >= 4 is 11.6 Å². The summed E-state index contributed by atoms with van der Waals surface area (Å²) in [7, 11) is 0. The third-order valence-electron chi connectivity index (χ3n) is 1.70. The molecule has 0 aromatic heterocycles. The van der Waals surface area contributed by atoms with Gasteiger partial charge in [0, 0.05) is 5.54 Å². The molecule has 0 aliphatic rings. The molecule has 14 heavy (non-hydrogen) atoms. The summed E-state index contributed by atoms with van der Waals surface area (Å²) in [5, 5.41) is -0.469. The number of rotatable bonds is 2. The SMILES string of the molecule is CC(C)(N)Cc1cc(F)c(Cl)c(F)c1. The molecule has 1 nitrogen and oxygen atoms in total. The zero-order valence-electron chi connectivity index (χ0n) is 8.07. The van der Waals surface area contributed by atoms with Crippen molar-refractivity contribution in [2.45, 2.75) is 25.8 Å². The fourth-order valence-electron chi connectivity index (χ4n) is 1.24. The minimum absolute atomic E-state index is 0.401. The second kappa shape index (κ2) is 3.83. The summed E-state index contributed by atoms with van der Waals surface area (Å²) in [6.07, 6.45) is 0.401. The van der Waals surface area contributed by atoms with E-state index in [1.54, 1.807) is 13.8 Å². The molecule has 4 heteroatoms. The second-order valence-electron chi connectivity index (χ2n) is 4.04. The van der Waals surface area contributed by atoms with Crippen LogP contribution in [0.1, 0.15) is 19.4 Å². The van der Waals surface area contributed by atoms with Crippen LogP contribution in [0.15, 0.2) is 12.1 Å². The number of hydrogen-bond acceptors (Lipinski definition) is 1. The van der Waals surface area contributed by atoms with Gasteiger partial charge in [-0.05, 0) is 38.0 Å². The molecule has 2 N–H and O–H groups in total. The maximum absolute atomic E-state index is 13.0. The monoisotopic (exact) mass is 219 g/mol. The first-order chi connectivity index (χ1) is 6.29. The minimum atomic E-state index is -0.745. The summed E-state index contributed by atoms with van der Waals surface area (Å²) in [5.41, 5.74) is 5.75. The normalized spacial score (nSPS) is 11.9. The van der Waals surface area contributed by atoms with E-state index in [1.807, 2.05) is 0 Å². The van der Waals surface area contributed by atoms with Gasteiger partial charge >= 0.3 is 0 Å². The Morgan fingerprint density at radius 3 is 2.07 bits per heavy atom. The Morgan fingerprint density at radius 2 is 1.71 bits per heavy atom. The van der Waals surface area contributed by atoms with Crippen LogP contribution in [0.2, 0.25) is 5.02 Å². The van der Waals surface area contributed by atoms with Crippen molar-refractivity contribution in [2.75, 3.05) is 0 Å². The van der Waals surface area contributed by atoms with Crippen LogP contribution in [0.25, 0.3) is 0 Å². The van der Waals surface area contributed by atoms with E-state index in [0.717, 1.165) is 0 Å². The van der Waals surface area contributed by atoms with E-state index >= 15 is 0 Å². The molecule has 1 rings (SSSR count). The molecule has 0 aliphatic carbocycles. The molecule has 78 valence electrons. The van der Waals surface area contributed by atoms with Gasteiger partial charge in [-0.15, -0.1) is 0 Å². The number of benzene rings is 1. The average molecular weight is 220 g/mol. The number of hydrogen-bond donors (Lipinski definition) is 1. The lowest BCUT2D eigenvalue weighted by Gasteiger charge is -2.18. The van der Waals surface area contributed by atoms with Crippen LogP contribution < -0.4 is 5.73 Å². The van der Waals surface area contributed by atoms with Gasteiger partial charge in [-0.1, -0.05) is 11.6 Å².